The van der Waals surface area contributed by atoms with Crippen LogP contribution in [-0.2, 0) is 9.32 Å². The van der Waals surface area contributed by atoms with Gasteiger partial charge in [-0.25, -0.2) is 0 Å². The van der Waals surface area contributed by atoms with Crippen LogP contribution in [0.5, 0.6) is 5.75 Å². The highest BCUT2D eigenvalue weighted by molar-refractivity contribution is 7.94. The maximum absolute atomic E-state index is 9.92. The van der Waals surface area contributed by atoms with E-state index in [-0.39, 0.29) is 11.4 Å². The zero-order chi connectivity index (χ0) is 20.5. The van der Waals surface area contributed by atoms with E-state index >= 15 is 0 Å². The Bertz CT molecular complexity index is 987. The third-order valence-electron chi connectivity index (χ3n) is 3.60. The number of hydrogen-bond donors (Lipinski definition) is 2. The van der Waals surface area contributed by atoms with E-state index in [1.807, 2.05) is 30.3 Å². The Morgan fingerprint density at radius 2 is 1.66 bits per heavy atom. The smallest absolute Gasteiger partial charge is 0.206 e. The Hall–Kier alpha value is -2.82. The molecule has 3 aromatic carbocycles. The first kappa shape index (κ1) is 20.9. The average molecular weight is 430 g/mol. The van der Waals surface area contributed by atoms with Gasteiger partial charge in [0.1, 0.15) is 11.4 Å². The Kier molecular flexibility index (Phi) is 7.68. The number of phenolic OH excluding ortho intramolecular Hbond substituents is 1. The van der Waals surface area contributed by atoms with Crippen LogP contribution in [0.3, 0.4) is 0 Å². The first-order valence-corrected chi connectivity index (χ1v) is 9.43. The zero-order valence-electron chi connectivity index (χ0n) is 14.9. The van der Waals surface area contributed by atoms with Crippen LogP contribution in [0.25, 0.3) is 0 Å². The maximum Gasteiger partial charge on any atom is 0.206 e. The highest BCUT2D eigenvalue weighted by Gasteiger charge is 2.10. The molecular formula is C19H16ClN5O3S. The molecule has 0 saturated carbocycles. The molecule has 3 rings (SSSR count). The number of aromatic hydroxyl groups is 1. The van der Waals surface area contributed by atoms with Crippen LogP contribution in [0.4, 0.5) is 11.4 Å². The monoisotopic (exact) mass is 429 g/mol. The van der Waals surface area contributed by atoms with Gasteiger partial charge in [-0.05, 0) is 42.5 Å². The van der Waals surface area contributed by atoms with Gasteiger partial charge in [-0.15, -0.1) is 14.4 Å². The second-order valence-electron chi connectivity index (χ2n) is 5.59. The molecule has 0 amide bonds. The van der Waals surface area contributed by atoms with Crippen LogP contribution in [0.2, 0.25) is 5.02 Å². The minimum Gasteiger partial charge on any atom is -0.506 e. The molecular weight excluding hydrogens is 414 g/mol. The highest BCUT2D eigenvalue weighted by Crippen LogP contribution is 2.32. The summed E-state index contributed by atoms with van der Waals surface area (Å²) in [4.78, 5) is 4.84. The van der Waals surface area contributed by atoms with Gasteiger partial charge in [-0.3, -0.25) is 0 Å². The topological polar surface area (TPSA) is 114 Å². The normalized spacial score (nSPS) is 12.6. The van der Waals surface area contributed by atoms with Crippen molar-refractivity contribution < 1.29 is 14.4 Å². The van der Waals surface area contributed by atoms with Crippen molar-refractivity contribution in [2.24, 2.45) is 26.4 Å². The highest BCUT2D eigenvalue weighted by atomic mass is 35.5. The van der Waals surface area contributed by atoms with Gasteiger partial charge in [0.05, 0.1) is 17.7 Å². The summed E-state index contributed by atoms with van der Waals surface area (Å²) >= 11 is 6.93. The molecule has 0 saturated heterocycles. The van der Waals surface area contributed by atoms with Crippen molar-refractivity contribution in [1.82, 2.24) is 0 Å². The summed E-state index contributed by atoms with van der Waals surface area (Å²) < 4.78 is 4.59. The van der Waals surface area contributed by atoms with Crippen molar-refractivity contribution in [3.8, 4) is 5.75 Å². The zero-order valence-corrected chi connectivity index (χ0v) is 16.5. The van der Waals surface area contributed by atoms with Gasteiger partial charge in [-0.2, -0.15) is 21.2 Å². The molecule has 10 heteroatoms. The number of rotatable bonds is 8. The van der Waals surface area contributed by atoms with Gasteiger partial charge < -0.3 is 5.11 Å². The van der Waals surface area contributed by atoms with Crippen LogP contribution in [0.15, 0.2) is 98.1 Å². The number of azo groups is 2. The largest absolute Gasteiger partial charge is 0.506 e. The van der Waals surface area contributed by atoms with Crippen molar-refractivity contribution >= 4 is 35.0 Å². The molecule has 0 aliphatic rings. The Morgan fingerprint density at radius 1 is 0.931 bits per heavy atom. The quantitative estimate of drug-likeness (QED) is 0.185. The van der Waals surface area contributed by atoms with Gasteiger partial charge in [0.2, 0.25) is 6.17 Å². The van der Waals surface area contributed by atoms with Crippen LogP contribution in [-0.4, -0.2) is 5.11 Å². The Labute approximate surface area is 176 Å². The summed E-state index contributed by atoms with van der Waals surface area (Å²) in [6.07, 6.45) is -0.697. The lowest BCUT2D eigenvalue weighted by Crippen LogP contribution is -1.93. The van der Waals surface area contributed by atoms with Crippen LogP contribution >= 0.6 is 23.6 Å². The van der Waals surface area contributed by atoms with Gasteiger partial charge in [-0.1, -0.05) is 41.9 Å². The number of phenols is 1. The lowest BCUT2D eigenvalue weighted by molar-refractivity contribution is -0.195. The number of nitrogens with two attached hydrogens (primary N) is 1. The van der Waals surface area contributed by atoms with Crippen molar-refractivity contribution in [3.63, 3.8) is 0 Å². The van der Waals surface area contributed by atoms with E-state index in [0.29, 0.717) is 10.7 Å². The summed E-state index contributed by atoms with van der Waals surface area (Å²) in [6.45, 7) is 0. The Balaban J connectivity index is 1.81. The summed E-state index contributed by atoms with van der Waals surface area (Å²) in [5.74, 6) is 4.78. The third kappa shape index (κ3) is 6.34. The van der Waals surface area contributed by atoms with E-state index < -0.39 is 6.17 Å². The number of halogens is 1. The molecule has 0 bridgehead atoms. The molecule has 3 aromatic rings. The number of hydrogen-bond acceptors (Lipinski definition) is 9. The molecule has 3 N–H and O–H groups in total. The molecule has 0 aromatic heterocycles. The van der Waals surface area contributed by atoms with Crippen LogP contribution < -0.4 is 5.90 Å². The molecule has 29 heavy (non-hydrogen) atoms. The van der Waals surface area contributed by atoms with E-state index in [9.17, 15) is 5.11 Å². The molecule has 0 aliphatic carbocycles. The average Bonchev–Trinajstić information content (AvgIpc) is 2.76. The lowest BCUT2D eigenvalue weighted by Gasteiger charge is -2.06. The van der Waals surface area contributed by atoms with Crippen LogP contribution in [0, 0.1) is 0 Å². The molecule has 0 aliphatic heterocycles. The summed E-state index contributed by atoms with van der Waals surface area (Å²) in [5.41, 5.74) is 1.66. The van der Waals surface area contributed by atoms with Gasteiger partial charge in [0, 0.05) is 15.5 Å². The molecule has 1 unspecified atom stereocenters. The fraction of sp³-hybridized carbons (Fsp3) is 0.0526. The molecule has 0 heterocycles. The molecule has 0 fully saturated rings. The molecule has 0 radical (unpaired) electrons. The minimum absolute atomic E-state index is 0.0290. The molecule has 1 atom stereocenters. The summed E-state index contributed by atoms with van der Waals surface area (Å²) in [6, 6.07) is 21.0. The first-order valence-electron chi connectivity index (χ1n) is 8.31. The van der Waals surface area contributed by atoms with Gasteiger partial charge in [0.25, 0.3) is 0 Å². The van der Waals surface area contributed by atoms with E-state index in [2.05, 4.69) is 29.8 Å². The Morgan fingerprint density at radius 3 is 2.38 bits per heavy atom. The SMILES string of the molecule is NOOSc1ccc(N=NC(N=Nc2cc(Cl)ccc2O)c2ccccc2)cc1. The first-order chi connectivity index (χ1) is 14.2. The van der Waals surface area contributed by atoms with Gasteiger partial charge in [0.15, 0.2) is 0 Å². The van der Waals surface area contributed by atoms with Crippen molar-refractivity contribution in [2.75, 3.05) is 0 Å². The second-order valence-corrected chi connectivity index (χ2v) is 6.80. The van der Waals surface area contributed by atoms with Crippen molar-refractivity contribution in [1.29, 1.82) is 0 Å². The number of nitrogens with zero attached hydrogens (tertiary/aromatic N) is 4. The summed E-state index contributed by atoms with van der Waals surface area (Å²) in [5, 5.41) is 27.2. The second kappa shape index (κ2) is 10.6. The maximum atomic E-state index is 9.92. The van der Waals surface area contributed by atoms with E-state index in [4.69, 9.17) is 17.5 Å². The van der Waals surface area contributed by atoms with Crippen molar-refractivity contribution in [2.45, 2.75) is 11.1 Å². The van der Waals surface area contributed by atoms with Crippen LogP contribution in [0.1, 0.15) is 11.7 Å². The molecule has 8 nitrogen and oxygen atoms in total. The lowest BCUT2D eigenvalue weighted by atomic mass is 10.2. The number of benzene rings is 3. The predicted octanol–water partition coefficient (Wildman–Crippen LogP) is 6.44. The predicted molar refractivity (Wildman–Crippen MR) is 110 cm³/mol. The standard InChI is InChI=1S/C19H16ClN5O3S/c20-14-6-11-18(26)17(12-14)23-25-19(13-4-2-1-3-5-13)24-22-15-7-9-16(10-8-15)29-28-27-21/h1-12,19,26H,21H2. The third-order valence-corrected chi connectivity index (χ3v) is 4.45. The van der Waals surface area contributed by atoms with E-state index in [1.54, 1.807) is 30.3 Å². The molecule has 0 spiro atoms. The minimum atomic E-state index is -0.697. The fourth-order valence-electron chi connectivity index (χ4n) is 2.22. The summed E-state index contributed by atoms with van der Waals surface area (Å²) in [7, 11) is 0. The van der Waals surface area contributed by atoms with E-state index in [0.717, 1.165) is 22.5 Å². The van der Waals surface area contributed by atoms with E-state index in [1.165, 1.54) is 12.1 Å². The fourth-order valence-corrected chi connectivity index (χ4v) is 2.76. The molecule has 148 valence electrons. The van der Waals surface area contributed by atoms with Gasteiger partial charge >= 0.3 is 0 Å². The van der Waals surface area contributed by atoms with Crippen molar-refractivity contribution in [3.05, 3.63) is 83.4 Å².